The number of rotatable bonds is 0. The highest BCUT2D eigenvalue weighted by molar-refractivity contribution is 5.86. The van der Waals surface area contributed by atoms with Crippen molar-refractivity contribution in [1.29, 1.82) is 0 Å². The molecule has 0 aromatic rings. The monoisotopic (exact) mass is 236 g/mol. The quantitative estimate of drug-likeness (QED) is 0.702. The molecule has 0 amide bonds. The standard InChI is InChI=1S/C15H24O2/c1-9-12(16)10-7-13(2,3)8-11(10)14(4)5-6-15(9,14)17/h9-11,17H,5-8H2,1-4H3. The summed E-state index contributed by atoms with van der Waals surface area (Å²) in [5.74, 6) is 0.808. The number of carbonyl (C=O) groups is 1. The van der Waals surface area contributed by atoms with Crippen LogP contribution in [0.4, 0.5) is 0 Å². The molecule has 0 aliphatic heterocycles. The molecule has 0 aromatic carbocycles. The highest BCUT2D eigenvalue weighted by atomic mass is 16.3. The van der Waals surface area contributed by atoms with E-state index in [9.17, 15) is 9.90 Å². The van der Waals surface area contributed by atoms with Gasteiger partial charge in [0.1, 0.15) is 5.78 Å². The van der Waals surface area contributed by atoms with Crippen LogP contribution in [0.2, 0.25) is 0 Å². The zero-order chi connectivity index (χ0) is 12.6. The van der Waals surface area contributed by atoms with Crippen LogP contribution in [0.25, 0.3) is 0 Å². The van der Waals surface area contributed by atoms with Gasteiger partial charge in [0.25, 0.3) is 0 Å². The number of aliphatic hydroxyl groups is 1. The lowest BCUT2D eigenvalue weighted by Gasteiger charge is -2.64. The van der Waals surface area contributed by atoms with Crippen LogP contribution in [-0.4, -0.2) is 16.5 Å². The highest BCUT2D eigenvalue weighted by Crippen LogP contribution is 2.68. The summed E-state index contributed by atoms with van der Waals surface area (Å²) in [7, 11) is 0. The van der Waals surface area contributed by atoms with Gasteiger partial charge in [-0.15, -0.1) is 0 Å². The maximum Gasteiger partial charge on any atom is 0.141 e. The Morgan fingerprint density at radius 3 is 2.35 bits per heavy atom. The topological polar surface area (TPSA) is 37.3 Å². The van der Waals surface area contributed by atoms with Crippen molar-refractivity contribution < 1.29 is 9.90 Å². The van der Waals surface area contributed by atoms with Gasteiger partial charge >= 0.3 is 0 Å². The summed E-state index contributed by atoms with van der Waals surface area (Å²) in [6.45, 7) is 8.70. The van der Waals surface area contributed by atoms with Crippen molar-refractivity contribution in [1.82, 2.24) is 0 Å². The van der Waals surface area contributed by atoms with Gasteiger partial charge in [0.2, 0.25) is 0 Å². The van der Waals surface area contributed by atoms with Crippen LogP contribution in [0, 0.1) is 28.6 Å². The Bertz CT molecular complexity index is 386. The SMILES string of the molecule is CC1C(=O)C2CC(C)(C)CC2C2(C)CCC12O. The lowest BCUT2D eigenvalue weighted by molar-refractivity contribution is -0.237. The van der Waals surface area contributed by atoms with Gasteiger partial charge in [-0.1, -0.05) is 27.7 Å². The fraction of sp³-hybridized carbons (Fsp3) is 0.933. The summed E-state index contributed by atoms with van der Waals surface area (Å²) in [6.07, 6.45) is 4.04. The Balaban J connectivity index is 2.04. The Kier molecular flexibility index (Phi) is 2.04. The van der Waals surface area contributed by atoms with Crippen LogP contribution < -0.4 is 0 Å². The molecule has 17 heavy (non-hydrogen) atoms. The van der Waals surface area contributed by atoms with E-state index < -0.39 is 5.60 Å². The number of ketones is 1. The molecular formula is C15H24O2. The number of fused-ring (bicyclic) bond motifs is 3. The molecule has 0 bridgehead atoms. The molecule has 0 aromatic heterocycles. The van der Waals surface area contributed by atoms with E-state index in [1.165, 1.54) is 0 Å². The first-order valence-corrected chi connectivity index (χ1v) is 6.97. The van der Waals surface area contributed by atoms with Gasteiger partial charge in [-0.3, -0.25) is 4.79 Å². The molecule has 2 heteroatoms. The summed E-state index contributed by atoms with van der Waals surface area (Å²) in [4.78, 5) is 12.5. The summed E-state index contributed by atoms with van der Waals surface area (Å²) in [5, 5.41) is 10.8. The van der Waals surface area contributed by atoms with Crippen LogP contribution in [0.1, 0.15) is 53.4 Å². The second kappa shape index (κ2) is 2.96. The smallest absolute Gasteiger partial charge is 0.141 e. The van der Waals surface area contributed by atoms with E-state index in [4.69, 9.17) is 0 Å². The van der Waals surface area contributed by atoms with E-state index in [2.05, 4.69) is 20.8 Å². The van der Waals surface area contributed by atoms with Gasteiger partial charge in [0.05, 0.1) is 5.60 Å². The first-order chi connectivity index (χ1) is 7.71. The van der Waals surface area contributed by atoms with Gasteiger partial charge in [0.15, 0.2) is 0 Å². The third-order valence-corrected chi connectivity index (χ3v) is 6.37. The molecule has 3 aliphatic carbocycles. The molecule has 3 saturated carbocycles. The normalized spacial score (nSPS) is 56.1. The van der Waals surface area contributed by atoms with Crippen molar-refractivity contribution in [2.75, 3.05) is 0 Å². The number of carbonyl (C=O) groups excluding carboxylic acids is 1. The number of hydrogen-bond donors (Lipinski definition) is 1. The lowest BCUT2D eigenvalue weighted by Crippen LogP contribution is -2.69. The third-order valence-electron chi connectivity index (χ3n) is 6.37. The zero-order valence-corrected chi connectivity index (χ0v) is 11.4. The van der Waals surface area contributed by atoms with Crippen molar-refractivity contribution in [2.24, 2.45) is 28.6 Å². The molecule has 0 spiro atoms. The van der Waals surface area contributed by atoms with Gasteiger partial charge in [0, 0.05) is 17.3 Å². The molecule has 5 unspecified atom stereocenters. The molecule has 0 heterocycles. The van der Waals surface area contributed by atoms with E-state index in [0.717, 1.165) is 25.7 Å². The number of hydrogen-bond acceptors (Lipinski definition) is 2. The Hall–Kier alpha value is -0.370. The maximum absolute atomic E-state index is 12.5. The first-order valence-electron chi connectivity index (χ1n) is 6.97. The van der Waals surface area contributed by atoms with Crippen LogP contribution in [-0.2, 0) is 4.79 Å². The predicted octanol–water partition coefficient (Wildman–Crippen LogP) is 2.79. The van der Waals surface area contributed by atoms with Crippen molar-refractivity contribution in [3.63, 3.8) is 0 Å². The van der Waals surface area contributed by atoms with E-state index in [1.54, 1.807) is 0 Å². The molecule has 96 valence electrons. The van der Waals surface area contributed by atoms with Crippen molar-refractivity contribution in [3.05, 3.63) is 0 Å². The van der Waals surface area contributed by atoms with Gasteiger partial charge in [-0.2, -0.15) is 0 Å². The fourth-order valence-electron chi connectivity index (χ4n) is 5.08. The predicted molar refractivity (Wildman–Crippen MR) is 66.5 cm³/mol. The summed E-state index contributed by atoms with van der Waals surface area (Å²) in [5.41, 5.74) is -0.432. The minimum Gasteiger partial charge on any atom is -0.389 e. The molecule has 3 fully saturated rings. The van der Waals surface area contributed by atoms with Crippen LogP contribution in [0.15, 0.2) is 0 Å². The molecule has 2 nitrogen and oxygen atoms in total. The van der Waals surface area contributed by atoms with E-state index in [1.807, 2.05) is 6.92 Å². The second-order valence-electron chi connectivity index (χ2n) is 7.75. The van der Waals surface area contributed by atoms with Crippen LogP contribution >= 0.6 is 0 Å². The average Bonchev–Trinajstić information content (AvgIpc) is 2.58. The summed E-state index contributed by atoms with van der Waals surface area (Å²) >= 11 is 0. The molecular weight excluding hydrogens is 212 g/mol. The van der Waals surface area contributed by atoms with Crippen molar-refractivity contribution >= 4 is 5.78 Å². The Labute approximate surface area is 104 Å². The average molecular weight is 236 g/mol. The van der Waals surface area contributed by atoms with Crippen molar-refractivity contribution in [3.8, 4) is 0 Å². The molecule has 0 radical (unpaired) electrons. The van der Waals surface area contributed by atoms with Gasteiger partial charge < -0.3 is 5.11 Å². The largest absolute Gasteiger partial charge is 0.389 e. The summed E-state index contributed by atoms with van der Waals surface area (Å²) < 4.78 is 0. The van der Waals surface area contributed by atoms with E-state index >= 15 is 0 Å². The minimum atomic E-state index is -0.703. The fourth-order valence-corrected chi connectivity index (χ4v) is 5.08. The Morgan fingerprint density at radius 2 is 1.82 bits per heavy atom. The van der Waals surface area contributed by atoms with E-state index in [0.29, 0.717) is 11.7 Å². The third kappa shape index (κ3) is 1.18. The zero-order valence-electron chi connectivity index (χ0n) is 11.4. The van der Waals surface area contributed by atoms with Crippen LogP contribution in [0.5, 0.6) is 0 Å². The molecule has 1 N–H and O–H groups in total. The summed E-state index contributed by atoms with van der Waals surface area (Å²) in [6, 6.07) is 0. The molecule has 3 rings (SSSR count). The van der Waals surface area contributed by atoms with Gasteiger partial charge in [-0.05, 0) is 37.0 Å². The van der Waals surface area contributed by atoms with Crippen LogP contribution in [0.3, 0.4) is 0 Å². The highest BCUT2D eigenvalue weighted by Gasteiger charge is 2.70. The molecule has 5 atom stereocenters. The van der Waals surface area contributed by atoms with Crippen molar-refractivity contribution in [2.45, 2.75) is 59.0 Å². The second-order valence-corrected chi connectivity index (χ2v) is 7.75. The Morgan fingerprint density at radius 1 is 1.18 bits per heavy atom. The van der Waals surface area contributed by atoms with E-state index in [-0.39, 0.29) is 22.7 Å². The molecule has 0 saturated heterocycles. The lowest BCUT2D eigenvalue weighted by atomic mass is 9.42. The number of Topliss-reactive ketones (excluding diaryl/α,β-unsaturated/α-hetero) is 1. The maximum atomic E-state index is 12.5. The van der Waals surface area contributed by atoms with Gasteiger partial charge in [-0.25, -0.2) is 0 Å². The molecule has 3 aliphatic rings. The first kappa shape index (κ1) is 11.7. The minimum absolute atomic E-state index is 0.00123.